The molecule has 90 valence electrons. The molecule has 1 aliphatic rings. The van der Waals surface area contributed by atoms with Gasteiger partial charge in [0.05, 0.1) is 0 Å². The fourth-order valence-electron chi connectivity index (χ4n) is 2.48. The maximum atomic E-state index is 6.05. The van der Waals surface area contributed by atoms with Crippen LogP contribution in [0.15, 0.2) is 0 Å². The highest BCUT2D eigenvalue weighted by atomic mass is 32.2. The normalized spacial score (nSPS) is 27.6. The van der Waals surface area contributed by atoms with Crippen LogP contribution < -0.4 is 5.73 Å². The number of nitrogens with two attached hydrogens (primary N) is 1. The summed E-state index contributed by atoms with van der Waals surface area (Å²) in [6.45, 7) is 7.47. The number of likely N-dealkylation sites (N-methyl/N-ethyl adjacent to an activating group) is 1. The maximum absolute atomic E-state index is 6.05. The van der Waals surface area contributed by atoms with Gasteiger partial charge >= 0.3 is 0 Å². The summed E-state index contributed by atoms with van der Waals surface area (Å²) in [5, 5.41) is 0.892. The third-order valence-electron chi connectivity index (χ3n) is 3.04. The molecule has 0 aromatic carbocycles. The molecule has 1 aliphatic carbocycles. The Morgan fingerprint density at radius 3 is 2.60 bits per heavy atom. The number of thioether (sulfide) groups is 1. The van der Waals surface area contributed by atoms with E-state index in [1.165, 1.54) is 25.0 Å². The molecule has 0 saturated heterocycles. The Bertz CT molecular complexity index is 189. The molecule has 3 heteroatoms. The van der Waals surface area contributed by atoms with Crippen LogP contribution in [0.25, 0.3) is 0 Å². The lowest BCUT2D eigenvalue weighted by atomic mass is 10.1. The number of nitrogens with zero attached hydrogens (tertiary/aromatic N) is 1. The van der Waals surface area contributed by atoms with Gasteiger partial charge in [-0.1, -0.05) is 6.92 Å². The van der Waals surface area contributed by atoms with Gasteiger partial charge in [0.15, 0.2) is 0 Å². The van der Waals surface area contributed by atoms with Gasteiger partial charge in [-0.2, -0.15) is 11.8 Å². The first-order chi connectivity index (χ1) is 6.92. The van der Waals surface area contributed by atoms with E-state index < -0.39 is 0 Å². The molecule has 0 heterocycles. The number of hydrogen-bond donors (Lipinski definition) is 1. The molecular weight excluding hydrogens is 204 g/mol. The van der Waals surface area contributed by atoms with Crippen molar-refractivity contribution in [2.24, 2.45) is 5.73 Å². The van der Waals surface area contributed by atoms with E-state index in [-0.39, 0.29) is 5.54 Å². The van der Waals surface area contributed by atoms with Crippen molar-refractivity contribution in [2.45, 2.75) is 56.9 Å². The lowest BCUT2D eigenvalue weighted by Gasteiger charge is -2.31. The zero-order chi connectivity index (χ0) is 11.5. The van der Waals surface area contributed by atoms with E-state index in [2.05, 4.69) is 44.5 Å². The average Bonchev–Trinajstić information content (AvgIpc) is 2.50. The second-order valence-electron chi connectivity index (χ2n) is 5.45. The van der Waals surface area contributed by atoms with Crippen LogP contribution in [0.3, 0.4) is 0 Å². The van der Waals surface area contributed by atoms with E-state index >= 15 is 0 Å². The molecule has 0 aromatic heterocycles. The number of hydrogen-bond acceptors (Lipinski definition) is 3. The Labute approximate surface area is 99.0 Å². The van der Waals surface area contributed by atoms with Gasteiger partial charge in [-0.05, 0) is 45.9 Å². The lowest BCUT2D eigenvalue weighted by Crippen LogP contribution is -2.46. The summed E-state index contributed by atoms with van der Waals surface area (Å²) in [5.41, 5.74) is 5.99. The fraction of sp³-hybridized carbons (Fsp3) is 1.00. The minimum atomic E-state index is -0.0647. The van der Waals surface area contributed by atoms with Gasteiger partial charge in [-0.3, -0.25) is 0 Å². The molecule has 2 unspecified atom stereocenters. The Morgan fingerprint density at radius 2 is 2.07 bits per heavy atom. The Kier molecular flexibility index (Phi) is 4.94. The first kappa shape index (κ1) is 13.3. The highest BCUT2D eigenvalue weighted by Crippen LogP contribution is 2.32. The molecular formula is C12H26N2S. The third-order valence-corrected chi connectivity index (χ3v) is 4.27. The molecule has 2 N–H and O–H groups in total. The largest absolute Gasteiger partial charge is 0.324 e. The fourth-order valence-corrected chi connectivity index (χ4v) is 3.61. The highest BCUT2D eigenvalue weighted by Gasteiger charge is 2.29. The number of rotatable bonds is 5. The van der Waals surface area contributed by atoms with Crippen LogP contribution >= 0.6 is 11.8 Å². The first-order valence-electron chi connectivity index (χ1n) is 6.03. The van der Waals surface area contributed by atoms with Gasteiger partial charge in [0.2, 0.25) is 0 Å². The summed E-state index contributed by atoms with van der Waals surface area (Å²) in [6.07, 6.45) is 4.09. The quantitative estimate of drug-likeness (QED) is 0.786. The van der Waals surface area contributed by atoms with Crippen LogP contribution in [-0.2, 0) is 0 Å². The molecule has 0 radical (unpaired) electrons. The molecule has 1 fully saturated rings. The Hall–Kier alpha value is 0.270. The Balaban J connectivity index is 2.33. The highest BCUT2D eigenvalue weighted by molar-refractivity contribution is 7.99. The average molecular weight is 230 g/mol. The molecule has 1 saturated carbocycles. The standard InChI is InChI=1S/C12H26N2S/c1-5-15-11-7-6-10(8-11)14(4)9-12(2,3)13/h10-11H,5-9,13H2,1-4H3. The van der Waals surface area contributed by atoms with Crippen molar-refractivity contribution in [1.82, 2.24) is 4.90 Å². The van der Waals surface area contributed by atoms with Crippen molar-refractivity contribution < 1.29 is 0 Å². The van der Waals surface area contributed by atoms with E-state index in [0.29, 0.717) is 0 Å². The van der Waals surface area contributed by atoms with Crippen LogP contribution in [-0.4, -0.2) is 41.1 Å². The minimum absolute atomic E-state index is 0.0647. The van der Waals surface area contributed by atoms with Crippen LogP contribution in [0.4, 0.5) is 0 Å². The van der Waals surface area contributed by atoms with Gasteiger partial charge in [-0.25, -0.2) is 0 Å². The smallest absolute Gasteiger partial charge is 0.0226 e. The van der Waals surface area contributed by atoms with Crippen molar-refractivity contribution in [2.75, 3.05) is 19.3 Å². The summed E-state index contributed by atoms with van der Waals surface area (Å²) in [5.74, 6) is 1.25. The van der Waals surface area contributed by atoms with Crippen molar-refractivity contribution in [1.29, 1.82) is 0 Å². The van der Waals surface area contributed by atoms with Crippen LogP contribution in [0.1, 0.15) is 40.0 Å². The molecule has 1 rings (SSSR count). The van der Waals surface area contributed by atoms with E-state index in [0.717, 1.165) is 17.8 Å². The first-order valence-corrected chi connectivity index (χ1v) is 7.08. The summed E-state index contributed by atoms with van der Waals surface area (Å²) >= 11 is 2.12. The van der Waals surface area contributed by atoms with E-state index in [9.17, 15) is 0 Å². The molecule has 0 spiro atoms. The summed E-state index contributed by atoms with van der Waals surface area (Å²) in [6, 6.07) is 0.761. The van der Waals surface area contributed by atoms with Gasteiger partial charge in [0, 0.05) is 23.4 Å². The van der Waals surface area contributed by atoms with Crippen molar-refractivity contribution in [3.8, 4) is 0 Å². The topological polar surface area (TPSA) is 29.3 Å². The molecule has 15 heavy (non-hydrogen) atoms. The van der Waals surface area contributed by atoms with E-state index in [4.69, 9.17) is 5.73 Å². The van der Waals surface area contributed by atoms with Crippen molar-refractivity contribution in [3.63, 3.8) is 0 Å². The molecule has 0 aliphatic heterocycles. The van der Waals surface area contributed by atoms with Crippen molar-refractivity contribution >= 4 is 11.8 Å². The third kappa shape index (κ3) is 4.75. The van der Waals surface area contributed by atoms with Crippen LogP contribution in [0.2, 0.25) is 0 Å². The second-order valence-corrected chi connectivity index (χ2v) is 7.03. The van der Waals surface area contributed by atoms with Crippen molar-refractivity contribution in [3.05, 3.63) is 0 Å². The lowest BCUT2D eigenvalue weighted by molar-refractivity contribution is 0.204. The predicted molar refractivity (Wildman–Crippen MR) is 70.5 cm³/mol. The van der Waals surface area contributed by atoms with Gasteiger partial charge < -0.3 is 10.6 Å². The summed E-state index contributed by atoms with van der Waals surface area (Å²) < 4.78 is 0. The minimum Gasteiger partial charge on any atom is -0.324 e. The molecule has 0 amide bonds. The monoisotopic (exact) mass is 230 g/mol. The molecule has 0 aromatic rings. The molecule has 2 atom stereocenters. The zero-order valence-electron chi connectivity index (χ0n) is 10.6. The zero-order valence-corrected chi connectivity index (χ0v) is 11.4. The SMILES string of the molecule is CCSC1CCC(N(C)CC(C)(C)N)C1. The van der Waals surface area contributed by atoms with Crippen LogP contribution in [0.5, 0.6) is 0 Å². The maximum Gasteiger partial charge on any atom is 0.0226 e. The van der Waals surface area contributed by atoms with Gasteiger partial charge in [0.25, 0.3) is 0 Å². The molecule has 0 bridgehead atoms. The van der Waals surface area contributed by atoms with Gasteiger partial charge in [-0.15, -0.1) is 0 Å². The Morgan fingerprint density at radius 1 is 1.40 bits per heavy atom. The summed E-state index contributed by atoms with van der Waals surface area (Å²) in [7, 11) is 2.22. The molecule has 2 nitrogen and oxygen atoms in total. The predicted octanol–water partition coefficient (Wildman–Crippen LogP) is 2.33. The second kappa shape index (κ2) is 5.55. The van der Waals surface area contributed by atoms with Crippen LogP contribution in [0, 0.1) is 0 Å². The van der Waals surface area contributed by atoms with E-state index in [1.54, 1.807) is 0 Å². The summed E-state index contributed by atoms with van der Waals surface area (Å²) in [4.78, 5) is 2.45. The van der Waals surface area contributed by atoms with Gasteiger partial charge in [0.1, 0.15) is 0 Å². The van der Waals surface area contributed by atoms with E-state index in [1.807, 2.05) is 0 Å².